The molecule has 0 fully saturated rings. The predicted octanol–water partition coefficient (Wildman–Crippen LogP) is 5.44. The van der Waals surface area contributed by atoms with Gasteiger partial charge in [-0.2, -0.15) is 11.8 Å². The van der Waals surface area contributed by atoms with Gasteiger partial charge in [-0.05, 0) is 6.42 Å². The average Bonchev–Trinajstić information content (AvgIpc) is 2.55. The summed E-state index contributed by atoms with van der Waals surface area (Å²) >= 11 is 1.59. The van der Waals surface area contributed by atoms with Gasteiger partial charge in [0, 0.05) is 11.0 Å². The van der Waals surface area contributed by atoms with Crippen LogP contribution in [0.5, 0.6) is 0 Å². The molecule has 0 aromatic heterocycles. The largest absolute Gasteiger partial charge is 0.481 e. The lowest BCUT2D eigenvalue weighted by Gasteiger charge is -2.14. The maximum absolute atomic E-state index is 11.4. The minimum atomic E-state index is -0.779. The summed E-state index contributed by atoms with van der Waals surface area (Å²) in [6.07, 6.45) is 14.5. The summed E-state index contributed by atoms with van der Waals surface area (Å²) in [5, 5.41) is 8.90. The highest BCUT2D eigenvalue weighted by atomic mass is 32.2. The standard InChI is InChI=1S/C19H36O4S/c1-3-4-5-6-7-8-9-10-11-12-13-17(16-19(22)23-2)24-15-14-18(20)21/h17H,3-16H2,1-2H3,(H,20,21). The minimum absolute atomic E-state index is 0.153. The van der Waals surface area contributed by atoms with Gasteiger partial charge in [-0.15, -0.1) is 0 Å². The molecular weight excluding hydrogens is 324 g/mol. The second kappa shape index (κ2) is 17.1. The maximum Gasteiger partial charge on any atom is 0.306 e. The van der Waals surface area contributed by atoms with E-state index in [0.29, 0.717) is 12.2 Å². The fraction of sp³-hybridized carbons (Fsp3) is 0.895. The summed E-state index contributed by atoms with van der Waals surface area (Å²) in [6, 6.07) is 0. The molecule has 4 nitrogen and oxygen atoms in total. The lowest BCUT2D eigenvalue weighted by Crippen LogP contribution is -2.13. The van der Waals surface area contributed by atoms with E-state index in [1.54, 1.807) is 11.8 Å². The first kappa shape index (κ1) is 23.3. The Kier molecular flexibility index (Phi) is 16.6. The topological polar surface area (TPSA) is 63.6 Å². The highest BCUT2D eigenvalue weighted by Crippen LogP contribution is 2.23. The molecule has 1 unspecified atom stereocenters. The highest BCUT2D eigenvalue weighted by Gasteiger charge is 2.15. The molecule has 1 N–H and O–H groups in total. The summed E-state index contributed by atoms with van der Waals surface area (Å²) in [7, 11) is 1.40. The summed E-state index contributed by atoms with van der Waals surface area (Å²) in [5.74, 6) is -0.414. The summed E-state index contributed by atoms with van der Waals surface area (Å²) < 4.78 is 4.74. The molecule has 0 rings (SSSR count). The lowest BCUT2D eigenvalue weighted by molar-refractivity contribution is -0.140. The van der Waals surface area contributed by atoms with E-state index in [-0.39, 0.29) is 17.6 Å². The Labute approximate surface area is 152 Å². The number of carboxylic acids is 1. The monoisotopic (exact) mass is 360 g/mol. The lowest BCUT2D eigenvalue weighted by atomic mass is 10.0. The molecule has 24 heavy (non-hydrogen) atoms. The van der Waals surface area contributed by atoms with Crippen molar-refractivity contribution in [3.05, 3.63) is 0 Å². The number of aliphatic carboxylic acids is 1. The molecular formula is C19H36O4S. The van der Waals surface area contributed by atoms with E-state index in [9.17, 15) is 9.59 Å². The Morgan fingerprint density at radius 3 is 2.00 bits per heavy atom. The van der Waals surface area contributed by atoms with Crippen molar-refractivity contribution in [1.82, 2.24) is 0 Å². The molecule has 1 atom stereocenters. The van der Waals surface area contributed by atoms with Crippen LogP contribution in [-0.2, 0) is 14.3 Å². The second-order valence-corrected chi connectivity index (χ2v) is 7.80. The molecule has 0 aromatic carbocycles. The van der Waals surface area contributed by atoms with Gasteiger partial charge in [0.05, 0.1) is 20.0 Å². The number of carboxylic acid groups (broad SMARTS) is 1. The molecule has 0 aromatic rings. The first-order valence-electron chi connectivity index (χ1n) is 9.50. The first-order valence-corrected chi connectivity index (χ1v) is 10.5. The van der Waals surface area contributed by atoms with E-state index in [0.717, 1.165) is 12.8 Å². The molecule has 0 amide bonds. The van der Waals surface area contributed by atoms with E-state index in [2.05, 4.69) is 6.92 Å². The number of unbranched alkanes of at least 4 members (excludes halogenated alkanes) is 9. The Hall–Kier alpha value is -0.710. The van der Waals surface area contributed by atoms with Gasteiger partial charge >= 0.3 is 11.9 Å². The molecule has 142 valence electrons. The molecule has 5 heteroatoms. The second-order valence-electron chi connectivity index (χ2n) is 6.39. The van der Waals surface area contributed by atoms with Crippen molar-refractivity contribution in [3.63, 3.8) is 0 Å². The van der Waals surface area contributed by atoms with Crippen LogP contribution in [0.25, 0.3) is 0 Å². The normalized spacial score (nSPS) is 12.1. The molecule has 0 aliphatic heterocycles. The number of methoxy groups -OCH3 is 1. The van der Waals surface area contributed by atoms with E-state index in [1.165, 1.54) is 64.9 Å². The number of thioether (sulfide) groups is 1. The third-order valence-corrected chi connectivity index (χ3v) is 5.48. The maximum atomic E-state index is 11.4. The SMILES string of the molecule is CCCCCCCCCCCCC(CC(=O)OC)SCCC(=O)O. The predicted molar refractivity (Wildman–Crippen MR) is 102 cm³/mol. The smallest absolute Gasteiger partial charge is 0.306 e. The van der Waals surface area contributed by atoms with Crippen LogP contribution in [0.2, 0.25) is 0 Å². The fourth-order valence-electron chi connectivity index (χ4n) is 2.69. The Morgan fingerprint density at radius 2 is 1.50 bits per heavy atom. The number of carbonyl (C=O) groups is 2. The van der Waals surface area contributed by atoms with E-state index in [1.807, 2.05) is 0 Å². The van der Waals surface area contributed by atoms with Crippen molar-refractivity contribution >= 4 is 23.7 Å². The summed E-state index contributed by atoms with van der Waals surface area (Å²) in [6.45, 7) is 2.24. The number of hydrogen-bond acceptors (Lipinski definition) is 4. The van der Waals surface area contributed by atoms with Gasteiger partial charge in [0.1, 0.15) is 0 Å². The average molecular weight is 361 g/mol. The fourth-order valence-corrected chi connectivity index (χ4v) is 3.90. The van der Waals surface area contributed by atoms with Crippen LogP contribution in [0, 0.1) is 0 Å². The van der Waals surface area contributed by atoms with E-state index < -0.39 is 5.97 Å². The summed E-state index contributed by atoms with van der Waals surface area (Å²) in [5.41, 5.74) is 0. The van der Waals surface area contributed by atoms with Crippen LogP contribution in [-0.4, -0.2) is 35.2 Å². The Bertz CT molecular complexity index is 320. The molecule has 0 heterocycles. The Morgan fingerprint density at radius 1 is 0.958 bits per heavy atom. The zero-order valence-corrected chi connectivity index (χ0v) is 16.4. The van der Waals surface area contributed by atoms with Crippen molar-refractivity contribution in [1.29, 1.82) is 0 Å². The van der Waals surface area contributed by atoms with Gasteiger partial charge in [0.25, 0.3) is 0 Å². The number of esters is 1. The van der Waals surface area contributed by atoms with Gasteiger partial charge in [0.2, 0.25) is 0 Å². The van der Waals surface area contributed by atoms with Crippen LogP contribution in [0.4, 0.5) is 0 Å². The number of hydrogen-bond donors (Lipinski definition) is 1. The number of ether oxygens (including phenoxy) is 1. The van der Waals surface area contributed by atoms with Crippen LogP contribution < -0.4 is 0 Å². The van der Waals surface area contributed by atoms with E-state index >= 15 is 0 Å². The molecule has 0 spiro atoms. The van der Waals surface area contributed by atoms with Crippen LogP contribution in [0.15, 0.2) is 0 Å². The van der Waals surface area contributed by atoms with Gasteiger partial charge in [0.15, 0.2) is 0 Å². The molecule has 0 radical (unpaired) electrons. The van der Waals surface area contributed by atoms with Crippen molar-refractivity contribution in [2.45, 2.75) is 95.6 Å². The van der Waals surface area contributed by atoms with Gasteiger partial charge in [-0.25, -0.2) is 0 Å². The van der Waals surface area contributed by atoms with Crippen molar-refractivity contribution in [3.8, 4) is 0 Å². The quantitative estimate of drug-likeness (QED) is 0.276. The minimum Gasteiger partial charge on any atom is -0.481 e. The number of rotatable bonds is 17. The van der Waals surface area contributed by atoms with Crippen molar-refractivity contribution in [2.24, 2.45) is 0 Å². The molecule has 0 bridgehead atoms. The van der Waals surface area contributed by atoms with Gasteiger partial charge in [-0.1, -0.05) is 71.1 Å². The number of carbonyl (C=O) groups excluding carboxylic acids is 1. The zero-order chi connectivity index (χ0) is 18.0. The van der Waals surface area contributed by atoms with Crippen molar-refractivity contribution in [2.75, 3.05) is 12.9 Å². The van der Waals surface area contributed by atoms with Gasteiger partial charge in [-0.3, -0.25) is 9.59 Å². The third-order valence-electron chi connectivity index (χ3n) is 4.17. The third kappa shape index (κ3) is 16.2. The first-order chi connectivity index (χ1) is 11.6. The molecule has 0 saturated heterocycles. The van der Waals surface area contributed by atoms with Crippen LogP contribution in [0.1, 0.15) is 90.4 Å². The molecule has 0 aliphatic rings. The summed E-state index contributed by atoms with van der Waals surface area (Å²) in [4.78, 5) is 22.0. The molecule has 0 saturated carbocycles. The van der Waals surface area contributed by atoms with Crippen molar-refractivity contribution < 1.29 is 19.4 Å². The van der Waals surface area contributed by atoms with Crippen LogP contribution >= 0.6 is 11.8 Å². The highest BCUT2D eigenvalue weighted by molar-refractivity contribution is 7.99. The Balaban J connectivity index is 3.69. The van der Waals surface area contributed by atoms with E-state index in [4.69, 9.17) is 9.84 Å². The zero-order valence-electron chi connectivity index (χ0n) is 15.6. The molecule has 0 aliphatic carbocycles. The van der Waals surface area contributed by atoms with Gasteiger partial charge < -0.3 is 9.84 Å². The van der Waals surface area contributed by atoms with Crippen LogP contribution in [0.3, 0.4) is 0 Å².